The van der Waals surface area contributed by atoms with Gasteiger partial charge in [-0.25, -0.2) is 23.6 Å². The molecule has 15 heteroatoms. The fraction of sp³-hybridized carbons (Fsp3) is 0.155. The highest BCUT2D eigenvalue weighted by molar-refractivity contribution is 6.06. The van der Waals surface area contributed by atoms with Crippen molar-refractivity contribution in [1.82, 2.24) is 45.0 Å². The van der Waals surface area contributed by atoms with Gasteiger partial charge in [0.25, 0.3) is 0 Å². The molecule has 15 nitrogen and oxygen atoms in total. The van der Waals surface area contributed by atoms with E-state index in [9.17, 15) is 9.59 Å². The summed E-state index contributed by atoms with van der Waals surface area (Å²) in [7, 11) is 1.50. The first-order valence-corrected chi connectivity index (χ1v) is 28.6. The van der Waals surface area contributed by atoms with Crippen molar-refractivity contribution in [3.63, 3.8) is 0 Å². The van der Waals surface area contributed by atoms with Gasteiger partial charge >= 0.3 is 11.9 Å². The smallest absolute Gasteiger partial charge is 0.361 e. The monoisotopic (exact) mass is 1140 g/mol. The second-order valence-corrected chi connectivity index (χ2v) is 20.3. The maximum absolute atomic E-state index is 13.1. The van der Waals surface area contributed by atoms with Crippen LogP contribution in [0.25, 0.3) is 22.3 Å². The zero-order chi connectivity index (χ0) is 58.7. The Morgan fingerprint density at radius 2 is 0.663 bits per heavy atom. The van der Waals surface area contributed by atoms with Crippen molar-refractivity contribution in [2.75, 3.05) is 39.6 Å². The van der Waals surface area contributed by atoms with E-state index in [1.54, 1.807) is 9.36 Å². The maximum atomic E-state index is 13.1. The van der Waals surface area contributed by atoms with Gasteiger partial charge in [0.05, 0.1) is 50.9 Å². The number of esters is 2. The maximum Gasteiger partial charge on any atom is 0.361 e. The lowest BCUT2D eigenvalue weighted by Gasteiger charge is -2.18. The zero-order valence-corrected chi connectivity index (χ0v) is 47.6. The molecule has 11 aromatic rings. The van der Waals surface area contributed by atoms with E-state index in [0.29, 0.717) is 39.1 Å². The second-order valence-electron chi connectivity index (χ2n) is 20.3. The third-order valence-corrected chi connectivity index (χ3v) is 14.4. The minimum Gasteiger partial charge on any atom is -0.458 e. The molecule has 3 heterocycles. The standard InChI is InChI=1S/C71H63N9O6/c1-78-69(71(82)86-47-45-84-43-41-80-51-63(73-77-80)49-53-34-38-61(39-35-53)67(59-30-18-7-19-31-59)65(56-24-12-4-13-25-56)57-26-14-5-15-27-57)68(74-75-78)70(81)85-46-44-83-42-40-79-50-62(72-76-79)48-52-32-36-60(37-33-52)66(58-28-16-6-17-29-58)64(54-20-8-2-9-21-54)55-22-10-3-11-23-55/h2-39,50-51H,40-49H2,1H3. The van der Waals surface area contributed by atoms with Crippen molar-refractivity contribution in [3.8, 4) is 0 Å². The quantitative estimate of drug-likeness (QED) is 0.0287. The predicted octanol–water partition coefficient (Wildman–Crippen LogP) is 11.9. The number of ether oxygens (including phenoxy) is 4. The first-order chi connectivity index (χ1) is 42.4. The molecule has 428 valence electrons. The average molecular weight is 1140 g/mol. The molecule has 0 amide bonds. The third kappa shape index (κ3) is 14.6. The van der Waals surface area contributed by atoms with Crippen LogP contribution in [-0.4, -0.2) is 96.6 Å². The Kier molecular flexibility index (Phi) is 19.1. The summed E-state index contributed by atoms with van der Waals surface area (Å²) in [6, 6.07) is 80.4. The summed E-state index contributed by atoms with van der Waals surface area (Å²) in [5.74, 6) is -1.61. The van der Waals surface area contributed by atoms with E-state index < -0.39 is 11.9 Å². The fourth-order valence-electron chi connectivity index (χ4n) is 10.3. The Hall–Kier alpha value is -10.5. The fourth-order valence-corrected chi connectivity index (χ4v) is 10.3. The van der Waals surface area contributed by atoms with E-state index in [2.05, 4.69) is 225 Å². The van der Waals surface area contributed by atoms with Gasteiger partial charge in [0.15, 0.2) is 5.69 Å². The topological polar surface area (TPSA) is 163 Å². The molecule has 0 aliphatic rings. The highest BCUT2D eigenvalue weighted by Crippen LogP contribution is 2.39. The average Bonchev–Trinajstić information content (AvgIpc) is 4.13. The highest BCUT2D eigenvalue weighted by atomic mass is 16.6. The molecular weight excluding hydrogens is 1070 g/mol. The van der Waals surface area contributed by atoms with Crippen LogP contribution in [-0.2, 0) is 51.9 Å². The normalized spacial score (nSPS) is 11.0. The van der Waals surface area contributed by atoms with Crippen LogP contribution >= 0.6 is 0 Å². The van der Waals surface area contributed by atoms with Gasteiger partial charge in [0.2, 0.25) is 5.69 Å². The molecule has 0 aliphatic carbocycles. The lowest BCUT2D eigenvalue weighted by Crippen LogP contribution is -2.20. The molecule has 0 saturated heterocycles. The van der Waals surface area contributed by atoms with Crippen molar-refractivity contribution in [2.24, 2.45) is 7.05 Å². The lowest BCUT2D eigenvalue weighted by atomic mass is 9.85. The van der Waals surface area contributed by atoms with Crippen molar-refractivity contribution in [3.05, 3.63) is 321 Å². The molecule has 0 unspecified atom stereocenters. The van der Waals surface area contributed by atoms with Crippen LogP contribution in [0.1, 0.15) is 88.0 Å². The van der Waals surface area contributed by atoms with Crippen LogP contribution in [0.5, 0.6) is 0 Å². The Balaban J connectivity index is 0.601. The number of hydrogen-bond acceptors (Lipinski definition) is 12. The van der Waals surface area contributed by atoms with Gasteiger partial charge in [-0.15, -0.1) is 15.3 Å². The van der Waals surface area contributed by atoms with E-state index in [1.165, 1.54) is 11.7 Å². The van der Waals surface area contributed by atoms with Crippen LogP contribution in [0.15, 0.2) is 243 Å². The SMILES string of the molecule is Cn1nnc(C(=O)OCCOCCn2cc(Cc3ccc(C(=C(c4ccccc4)c4ccccc4)c4ccccc4)cc3)nn2)c1C(=O)OCCOCCn1cc(Cc2ccc(C(=C(c3ccccc3)c3ccccc3)c3ccccc3)cc2)nn1. The summed E-state index contributed by atoms with van der Waals surface area (Å²) < 4.78 is 27.0. The number of aromatic nitrogens is 9. The minimum atomic E-state index is -0.825. The summed E-state index contributed by atoms with van der Waals surface area (Å²) >= 11 is 0. The number of aryl methyl sites for hydroxylation is 1. The highest BCUT2D eigenvalue weighted by Gasteiger charge is 2.27. The van der Waals surface area contributed by atoms with Crippen LogP contribution in [0.2, 0.25) is 0 Å². The summed E-state index contributed by atoms with van der Waals surface area (Å²) in [5.41, 5.74) is 17.1. The van der Waals surface area contributed by atoms with Crippen molar-refractivity contribution in [1.29, 1.82) is 0 Å². The van der Waals surface area contributed by atoms with E-state index >= 15 is 0 Å². The van der Waals surface area contributed by atoms with Gasteiger partial charge in [-0.2, -0.15) is 0 Å². The molecule has 0 radical (unpaired) electrons. The number of benzene rings is 8. The molecular formula is C71H63N9O6. The molecule has 0 fully saturated rings. The van der Waals surface area contributed by atoms with Crippen molar-refractivity contribution in [2.45, 2.75) is 25.9 Å². The molecule has 86 heavy (non-hydrogen) atoms. The molecule has 11 rings (SSSR count). The van der Waals surface area contributed by atoms with Crippen LogP contribution in [0.3, 0.4) is 0 Å². The molecule has 0 spiro atoms. The van der Waals surface area contributed by atoms with E-state index in [4.69, 9.17) is 18.9 Å². The third-order valence-electron chi connectivity index (χ3n) is 14.4. The van der Waals surface area contributed by atoms with E-state index in [0.717, 1.165) is 89.3 Å². The van der Waals surface area contributed by atoms with E-state index in [1.807, 2.05) is 48.8 Å². The molecule has 3 aromatic heterocycles. The van der Waals surface area contributed by atoms with Crippen LogP contribution in [0.4, 0.5) is 0 Å². The first-order valence-electron chi connectivity index (χ1n) is 28.6. The Morgan fingerprint density at radius 1 is 0.349 bits per heavy atom. The largest absolute Gasteiger partial charge is 0.458 e. The summed E-state index contributed by atoms with van der Waals surface area (Å²) in [5, 5.41) is 25.2. The summed E-state index contributed by atoms with van der Waals surface area (Å²) in [4.78, 5) is 26.2. The van der Waals surface area contributed by atoms with Gasteiger partial charge in [0.1, 0.15) is 13.2 Å². The predicted molar refractivity (Wildman–Crippen MR) is 330 cm³/mol. The van der Waals surface area contributed by atoms with Crippen LogP contribution < -0.4 is 0 Å². The zero-order valence-electron chi connectivity index (χ0n) is 47.6. The molecule has 0 saturated carbocycles. The summed E-state index contributed by atoms with van der Waals surface area (Å²) in [6.07, 6.45) is 5.01. The molecule has 0 atom stereocenters. The van der Waals surface area contributed by atoms with Gasteiger partial charge in [-0.05, 0) is 77.9 Å². The minimum absolute atomic E-state index is 0.0652. The Morgan fingerprint density at radius 3 is 1.00 bits per heavy atom. The van der Waals surface area contributed by atoms with Gasteiger partial charge < -0.3 is 18.9 Å². The Bertz CT molecular complexity index is 3940. The number of carbonyl (C=O) groups is 2. The van der Waals surface area contributed by atoms with Gasteiger partial charge in [0, 0.05) is 32.3 Å². The lowest BCUT2D eigenvalue weighted by molar-refractivity contribution is 0.0257. The number of carbonyl (C=O) groups excluding carboxylic acids is 2. The number of hydrogen-bond donors (Lipinski definition) is 0. The molecule has 0 N–H and O–H groups in total. The number of nitrogens with zero attached hydrogens (tertiary/aromatic N) is 9. The second kappa shape index (κ2) is 28.7. The van der Waals surface area contributed by atoms with Crippen molar-refractivity contribution >= 4 is 34.2 Å². The molecule has 0 aliphatic heterocycles. The van der Waals surface area contributed by atoms with Crippen molar-refractivity contribution < 1.29 is 28.5 Å². The summed E-state index contributed by atoms with van der Waals surface area (Å²) in [6.45, 7) is 1.57. The van der Waals surface area contributed by atoms with E-state index in [-0.39, 0.29) is 37.8 Å². The van der Waals surface area contributed by atoms with Gasteiger partial charge in [-0.3, -0.25) is 0 Å². The Labute approximate surface area is 499 Å². The van der Waals surface area contributed by atoms with Gasteiger partial charge in [-0.1, -0.05) is 246 Å². The molecule has 0 bridgehead atoms. The number of rotatable bonds is 26. The first kappa shape index (κ1) is 57.3. The van der Waals surface area contributed by atoms with Crippen LogP contribution in [0, 0.1) is 0 Å². The molecule has 8 aromatic carbocycles.